The van der Waals surface area contributed by atoms with Gasteiger partial charge in [-0.05, 0) is 0 Å². The third-order valence-electron chi connectivity index (χ3n) is 1.99. The van der Waals surface area contributed by atoms with Crippen molar-refractivity contribution >= 4 is 30.1 Å². The van der Waals surface area contributed by atoms with E-state index in [1.54, 1.807) is 0 Å². The summed E-state index contributed by atoms with van der Waals surface area (Å²) in [5.74, 6) is -2.21. The van der Waals surface area contributed by atoms with Crippen LogP contribution in [0.1, 0.15) is 0 Å². The van der Waals surface area contributed by atoms with Gasteiger partial charge in [0.15, 0.2) is 9.84 Å². The van der Waals surface area contributed by atoms with Crippen molar-refractivity contribution in [1.29, 1.82) is 0 Å². The van der Waals surface area contributed by atoms with Gasteiger partial charge >= 0.3 is 59.1 Å². The first-order chi connectivity index (χ1) is 6.43. The van der Waals surface area contributed by atoms with E-state index in [9.17, 15) is 34.4 Å². The minimum atomic E-state index is -5.11. The standard InChI is InChI=1S/C4H8O8S3.2Na.H2O/c5-13(6)1-3(14(7,8)9)4(2-13)15(10,11)12;;;/h3-4H,1-2H2,(H,7,8,9)(H,10,11,12);;;1H2/q;2*+1;/p-2. The van der Waals surface area contributed by atoms with Crippen LogP contribution in [0.3, 0.4) is 0 Å². The SMILES string of the molecule is O.O=S1(=O)CC(S(=O)(=O)[O-])C(S(=O)(=O)[O-])C1.[Na+].[Na+]. The topological polar surface area (TPSA) is 180 Å². The molecule has 2 N–H and O–H groups in total. The zero-order valence-corrected chi connectivity index (χ0v) is 16.0. The Bertz CT molecular complexity index is 515. The summed E-state index contributed by atoms with van der Waals surface area (Å²) < 4.78 is 85.2. The average molecular weight is 342 g/mol. The van der Waals surface area contributed by atoms with Gasteiger partial charge in [-0.1, -0.05) is 0 Å². The molecule has 0 aromatic rings. The molecule has 18 heavy (non-hydrogen) atoms. The molecule has 0 aromatic heterocycles. The van der Waals surface area contributed by atoms with Crippen LogP contribution >= 0.6 is 0 Å². The molecule has 0 radical (unpaired) electrons. The first-order valence-corrected chi connectivity index (χ1v) is 8.30. The first kappa shape index (κ1) is 24.7. The number of sulfone groups is 1. The molecule has 1 aliphatic rings. The fourth-order valence-electron chi connectivity index (χ4n) is 1.32. The summed E-state index contributed by atoms with van der Waals surface area (Å²) in [5.41, 5.74) is 0. The molecule has 0 saturated carbocycles. The predicted molar refractivity (Wildman–Crippen MR) is 49.2 cm³/mol. The van der Waals surface area contributed by atoms with Crippen molar-refractivity contribution in [3.63, 3.8) is 0 Å². The van der Waals surface area contributed by atoms with Crippen LogP contribution in [0.15, 0.2) is 0 Å². The van der Waals surface area contributed by atoms with Crippen molar-refractivity contribution < 1.29 is 98.9 Å². The Hall–Kier alpha value is 1.73. The summed E-state index contributed by atoms with van der Waals surface area (Å²) in [6.07, 6.45) is 0. The molecular weight excluding hydrogens is 334 g/mol. The Morgan fingerprint density at radius 3 is 1.22 bits per heavy atom. The molecule has 1 fully saturated rings. The van der Waals surface area contributed by atoms with E-state index in [1.165, 1.54) is 0 Å². The molecule has 0 aromatic carbocycles. The Morgan fingerprint density at radius 2 is 1.06 bits per heavy atom. The first-order valence-electron chi connectivity index (χ1n) is 3.53. The van der Waals surface area contributed by atoms with Gasteiger partial charge in [0.1, 0.15) is 0 Å². The minimum Gasteiger partial charge on any atom is -0.748 e. The minimum absolute atomic E-state index is 0. The van der Waals surface area contributed by atoms with E-state index < -0.39 is 52.1 Å². The molecule has 0 amide bonds. The van der Waals surface area contributed by atoms with Crippen molar-refractivity contribution in [2.45, 2.75) is 10.5 Å². The molecule has 1 saturated heterocycles. The van der Waals surface area contributed by atoms with E-state index in [0.717, 1.165) is 0 Å². The zero-order valence-electron chi connectivity index (χ0n) is 9.56. The molecule has 1 heterocycles. The number of rotatable bonds is 2. The molecule has 0 spiro atoms. The summed E-state index contributed by atoms with van der Waals surface area (Å²) in [7, 11) is -14.2. The average Bonchev–Trinajstić information content (AvgIpc) is 2.23. The van der Waals surface area contributed by atoms with E-state index in [4.69, 9.17) is 0 Å². The van der Waals surface area contributed by atoms with Crippen LogP contribution in [-0.4, -0.2) is 61.8 Å². The van der Waals surface area contributed by atoms with Crippen molar-refractivity contribution in [3.8, 4) is 0 Å². The van der Waals surface area contributed by atoms with Crippen LogP contribution in [0.25, 0.3) is 0 Å². The van der Waals surface area contributed by atoms with Crippen LogP contribution < -0.4 is 59.1 Å². The Kier molecular flexibility index (Phi) is 10.5. The van der Waals surface area contributed by atoms with Gasteiger partial charge in [0.2, 0.25) is 0 Å². The summed E-state index contributed by atoms with van der Waals surface area (Å²) in [5, 5.41) is -4.38. The van der Waals surface area contributed by atoms with E-state index in [2.05, 4.69) is 0 Å². The van der Waals surface area contributed by atoms with E-state index >= 15 is 0 Å². The summed E-state index contributed by atoms with van der Waals surface area (Å²) >= 11 is 0. The Morgan fingerprint density at radius 1 is 0.833 bits per heavy atom. The molecule has 2 unspecified atom stereocenters. The van der Waals surface area contributed by atoms with E-state index in [1.807, 2.05) is 0 Å². The fourth-order valence-corrected chi connectivity index (χ4v) is 7.50. The Balaban J connectivity index is -0.000000750. The van der Waals surface area contributed by atoms with Crippen LogP contribution in [-0.2, 0) is 30.1 Å². The maximum Gasteiger partial charge on any atom is 1.00 e. The summed E-state index contributed by atoms with van der Waals surface area (Å²) in [6.45, 7) is 0. The molecule has 1 rings (SSSR count). The van der Waals surface area contributed by atoms with Crippen LogP contribution in [0.5, 0.6) is 0 Å². The summed E-state index contributed by atoms with van der Waals surface area (Å²) in [4.78, 5) is 0. The normalized spacial score (nSPS) is 26.3. The molecule has 2 atom stereocenters. The van der Waals surface area contributed by atoms with Crippen LogP contribution in [0.4, 0.5) is 0 Å². The molecule has 14 heteroatoms. The molecule has 1 aliphatic heterocycles. The monoisotopic (exact) mass is 342 g/mol. The van der Waals surface area contributed by atoms with Gasteiger partial charge in [0.25, 0.3) is 0 Å². The fraction of sp³-hybridized carbons (Fsp3) is 1.00. The second-order valence-electron chi connectivity index (χ2n) is 3.14. The predicted octanol–water partition coefficient (Wildman–Crippen LogP) is -9.57. The van der Waals surface area contributed by atoms with E-state index in [0.29, 0.717) is 0 Å². The molecule has 0 bridgehead atoms. The second-order valence-corrected chi connectivity index (χ2v) is 8.48. The van der Waals surface area contributed by atoms with Crippen LogP contribution in [0.2, 0.25) is 0 Å². The molecular formula is C4H8Na2O9S3. The van der Waals surface area contributed by atoms with Crippen LogP contribution in [0, 0.1) is 0 Å². The van der Waals surface area contributed by atoms with Gasteiger partial charge in [0.05, 0.1) is 42.2 Å². The van der Waals surface area contributed by atoms with Gasteiger partial charge < -0.3 is 14.6 Å². The van der Waals surface area contributed by atoms with Gasteiger partial charge in [-0.15, -0.1) is 0 Å². The number of hydrogen-bond donors (Lipinski definition) is 0. The molecule has 98 valence electrons. The van der Waals surface area contributed by atoms with Crippen molar-refractivity contribution in [1.82, 2.24) is 0 Å². The number of hydrogen-bond acceptors (Lipinski definition) is 8. The van der Waals surface area contributed by atoms with Gasteiger partial charge in [-0.3, -0.25) is 0 Å². The zero-order chi connectivity index (χ0) is 12.1. The quantitative estimate of drug-likeness (QED) is 0.350. The third kappa shape index (κ3) is 6.45. The second kappa shape index (κ2) is 7.66. The third-order valence-corrected chi connectivity index (χ3v) is 6.79. The van der Waals surface area contributed by atoms with Crippen molar-refractivity contribution in [3.05, 3.63) is 0 Å². The summed E-state index contributed by atoms with van der Waals surface area (Å²) in [6, 6.07) is 0. The largest absolute Gasteiger partial charge is 1.00 e. The van der Waals surface area contributed by atoms with Gasteiger partial charge in [0, 0.05) is 0 Å². The smallest absolute Gasteiger partial charge is 0.748 e. The van der Waals surface area contributed by atoms with Gasteiger partial charge in [-0.25, -0.2) is 25.3 Å². The van der Waals surface area contributed by atoms with E-state index in [-0.39, 0.29) is 64.6 Å². The Labute approximate surface area is 149 Å². The molecule has 9 nitrogen and oxygen atoms in total. The van der Waals surface area contributed by atoms with Crippen molar-refractivity contribution in [2.24, 2.45) is 0 Å². The maximum absolute atomic E-state index is 10.9. The van der Waals surface area contributed by atoms with Gasteiger partial charge in [-0.2, -0.15) is 0 Å². The maximum atomic E-state index is 10.9. The van der Waals surface area contributed by atoms with Crippen molar-refractivity contribution in [2.75, 3.05) is 11.5 Å². The molecule has 0 aliphatic carbocycles.